The zero-order valence-corrected chi connectivity index (χ0v) is 18.4. The molecule has 0 radical (unpaired) electrons. The molecular weight excluding hydrogens is 415 g/mol. The molecule has 1 saturated heterocycles. The first-order valence-electron chi connectivity index (χ1n) is 10.9. The summed E-state index contributed by atoms with van der Waals surface area (Å²) in [6.07, 6.45) is 5.45. The van der Waals surface area contributed by atoms with Gasteiger partial charge in [-0.3, -0.25) is 0 Å². The number of benzene rings is 2. The largest absolute Gasteiger partial charge is 0.366 e. The number of hydrogen-bond acceptors (Lipinski definition) is 4. The fourth-order valence-corrected chi connectivity index (χ4v) is 7.03. The third-order valence-corrected chi connectivity index (χ3v) is 8.99. The highest BCUT2D eigenvalue weighted by molar-refractivity contribution is 7.89. The molecule has 1 aliphatic heterocycles. The maximum absolute atomic E-state index is 13.3. The minimum atomic E-state index is -3.20. The van der Waals surface area contributed by atoms with E-state index in [4.69, 9.17) is 0 Å². The highest BCUT2D eigenvalue weighted by Crippen LogP contribution is 2.31. The van der Waals surface area contributed by atoms with E-state index in [1.54, 1.807) is 21.1 Å². The Bertz CT molecular complexity index is 1190. The van der Waals surface area contributed by atoms with Gasteiger partial charge in [0, 0.05) is 36.7 Å². The van der Waals surface area contributed by atoms with E-state index in [-0.39, 0.29) is 17.1 Å². The molecule has 31 heavy (non-hydrogen) atoms. The molecule has 2 fully saturated rings. The minimum absolute atomic E-state index is 0.0921. The molecule has 2 aromatic carbocycles. The number of sulfonamides is 1. The number of halogens is 1. The molecule has 0 N–H and O–H groups in total. The lowest BCUT2D eigenvalue weighted by molar-refractivity contribution is 0.338. The second-order valence-electron chi connectivity index (χ2n) is 8.63. The van der Waals surface area contributed by atoms with E-state index < -0.39 is 10.0 Å². The molecule has 0 spiro atoms. The summed E-state index contributed by atoms with van der Waals surface area (Å²) in [4.78, 5) is 2.27. The molecule has 8 heteroatoms. The third-order valence-electron chi connectivity index (χ3n) is 6.63. The number of aromatic nitrogens is 2. The molecule has 164 valence electrons. The second kappa shape index (κ2) is 7.91. The van der Waals surface area contributed by atoms with Crippen molar-refractivity contribution in [2.75, 3.05) is 24.5 Å². The van der Waals surface area contributed by atoms with Crippen LogP contribution in [-0.4, -0.2) is 53.4 Å². The maximum Gasteiger partial charge on any atom is 0.217 e. The van der Waals surface area contributed by atoms with Gasteiger partial charge in [0.15, 0.2) is 0 Å². The zero-order chi connectivity index (χ0) is 21.6. The summed E-state index contributed by atoms with van der Waals surface area (Å²) in [6, 6.07) is 12.5. The van der Waals surface area contributed by atoms with Crippen LogP contribution < -0.4 is 4.90 Å². The highest BCUT2D eigenvalue weighted by Gasteiger charge is 2.37. The monoisotopic (exact) mass is 442 g/mol. The van der Waals surface area contributed by atoms with Gasteiger partial charge in [0.1, 0.15) is 5.82 Å². The Balaban J connectivity index is 1.36. The van der Waals surface area contributed by atoms with Gasteiger partial charge in [-0.05, 0) is 62.2 Å². The lowest BCUT2D eigenvalue weighted by atomic mass is 10.1. The molecule has 2 heterocycles. The maximum atomic E-state index is 13.3. The molecule has 0 unspecified atom stereocenters. The number of piperazine rings is 1. The van der Waals surface area contributed by atoms with E-state index in [2.05, 4.69) is 29.1 Å². The molecule has 6 nitrogen and oxygen atoms in total. The van der Waals surface area contributed by atoms with Crippen LogP contribution in [0.1, 0.15) is 32.6 Å². The summed E-state index contributed by atoms with van der Waals surface area (Å²) in [5.41, 5.74) is 2.82. The number of anilines is 1. The van der Waals surface area contributed by atoms with Crippen LogP contribution in [0.2, 0.25) is 0 Å². The molecular formula is C23H27FN4O2S. The fraction of sp³-hybridized carbons (Fsp3) is 0.435. The number of nitrogens with zero attached hydrogens (tertiary/aromatic N) is 4. The molecule has 3 aromatic rings. The first-order chi connectivity index (χ1) is 14.9. The summed E-state index contributed by atoms with van der Waals surface area (Å²) >= 11 is 0. The van der Waals surface area contributed by atoms with Crippen molar-refractivity contribution in [3.05, 3.63) is 54.5 Å². The van der Waals surface area contributed by atoms with Crippen molar-refractivity contribution in [3.63, 3.8) is 0 Å². The van der Waals surface area contributed by atoms with Crippen molar-refractivity contribution in [1.82, 2.24) is 14.1 Å². The molecule has 0 amide bonds. The molecule has 1 aromatic heterocycles. The SMILES string of the molecule is C[C@@H]1CN(S(=O)(=O)C2CCCC2)CCN1c1ccc2c(cnn2-c2ccc(F)cc2)c1. The summed E-state index contributed by atoms with van der Waals surface area (Å²) in [6.45, 7) is 3.80. The van der Waals surface area contributed by atoms with E-state index in [9.17, 15) is 12.8 Å². The van der Waals surface area contributed by atoms with Gasteiger partial charge in [0.25, 0.3) is 0 Å². The van der Waals surface area contributed by atoms with Crippen LogP contribution in [-0.2, 0) is 10.0 Å². The summed E-state index contributed by atoms with van der Waals surface area (Å²) in [5, 5.41) is 5.28. The average molecular weight is 443 g/mol. The van der Waals surface area contributed by atoms with Gasteiger partial charge in [-0.2, -0.15) is 9.40 Å². The fourth-order valence-electron chi connectivity index (χ4n) is 4.92. The van der Waals surface area contributed by atoms with Gasteiger partial charge in [-0.15, -0.1) is 0 Å². The zero-order valence-electron chi connectivity index (χ0n) is 17.6. The van der Waals surface area contributed by atoms with Gasteiger partial charge >= 0.3 is 0 Å². The Morgan fingerprint density at radius 2 is 1.71 bits per heavy atom. The molecule has 2 aliphatic rings. The van der Waals surface area contributed by atoms with Gasteiger partial charge in [0.05, 0.1) is 22.7 Å². The minimum Gasteiger partial charge on any atom is -0.366 e. The topological polar surface area (TPSA) is 58.4 Å². The Morgan fingerprint density at radius 1 is 1.00 bits per heavy atom. The average Bonchev–Trinajstić information content (AvgIpc) is 3.44. The van der Waals surface area contributed by atoms with Crippen LogP contribution in [0.25, 0.3) is 16.6 Å². The standard InChI is InChI=1S/C23H27FN4O2S/c1-17-16-26(31(29,30)22-4-2-3-5-22)12-13-27(17)21-10-11-23-18(14-21)15-25-28(23)20-8-6-19(24)7-9-20/h6-11,14-15,17,22H,2-5,12-13,16H2,1H3/t17-/m1/s1. The summed E-state index contributed by atoms with van der Waals surface area (Å²) in [7, 11) is -3.20. The van der Waals surface area contributed by atoms with E-state index in [0.717, 1.165) is 48.0 Å². The molecule has 5 rings (SSSR count). The number of fused-ring (bicyclic) bond motifs is 1. The normalized spacial score (nSPS) is 21.2. The van der Waals surface area contributed by atoms with Crippen molar-refractivity contribution in [3.8, 4) is 5.69 Å². The van der Waals surface area contributed by atoms with Crippen LogP contribution >= 0.6 is 0 Å². The lowest BCUT2D eigenvalue weighted by Gasteiger charge is -2.41. The van der Waals surface area contributed by atoms with Crippen LogP contribution in [0.3, 0.4) is 0 Å². The smallest absolute Gasteiger partial charge is 0.217 e. The Morgan fingerprint density at radius 3 is 2.42 bits per heavy atom. The summed E-state index contributed by atoms with van der Waals surface area (Å²) < 4.78 is 42.7. The number of hydrogen-bond donors (Lipinski definition) is 0. The predicted octanol–water partition coefficient (Wildman–Crippen LogP) is 3.95. The van der Waals surface area contributed by atoms with E-state index in [0.29, 0.717) is 19.6 Å². The van der Waals surface area contributed by atoms with Crippen LogP contribution in [0.15, 0.2) is 48.7 Å². The van der Waals surface area contributed by atoms with Crippen molar-refractivity contribution in [1.29, 1.82) is 0 Å². The first-order valence-corrected chi connectivity index (χ1v) is 12.4. The lowest BCUT2D eigenvalue weighted by Crippen LogP contribution is -2.55. The van der Waals surface area contributed by atoms with Gasteiger partial charge < -0.3 is 4.90 Å². The number of rotatable bonds is 4. The molecule has 1 atom stereocenters. The van der Waals surface area contributed by atoms with Gasteiger partial charge in [-0.25, -0.2) is 17.5 Å². The van der Waals surface area contributed by atoms with Crippen molar-refractivity contribution >= 4 is 26.6 Å². The first kappa shape index (κ1) is 20.5. The molecule has 1 saturated carbocycles. The second-order valence-corrected chi connectivity index (χ2v) is 10.8. The summed E-state index contributed by atoms with van der Waals surface area (Å²) in [5.74, 6) is -0.273. The van der Waals surface area contributed by atoms with Crippen molar-refractivity contribution in [2.45, 2.75) is 43.9 Å². The Hall–Kier alpha value is -2.45. The third kappa shape index (κ3) is 3.72. The Kier molecular flexibility index (Phi) is 5.22. The van der Waals surface area contributed by atoms with Gasteiger partial charge in [-0.1, -0.05) is 12.8 Å². The van der Waals surface area contributed by atoms with E-state index in [1.807, 2.05) is 12.3 Å². The van der Waals surface area contributed by atoms with Crippen molar-refractivity contribution in [2.24, 2.45) is 0 Å². The molecule has 1 aliphatic carbocycles. The quantitative estimate of drug-likeness (QED) is 0.614. The molecule has 0 bridgehead atoms. The van der Waals surface area contributed by atoms with Crippen LogP contribution in [0, 0.1) is 5.82 Å². The highest BCUT2D eigenvalue weighted by atomic mass is 32.2. The van der Waals surface area contributed by atoms with Crippen molar-refractivity contribution < 1.29 is 12.8 Å². The van der Waals surface area contributed by atoms with Gasteiger partial charge in [0.2, 0.25) is 10.0 Å². The van der Waals surface area contributed by atoms with Crippen LogP contribution in [0.4, 0.5) is 10.1 Å². The predicted molar refractivity (Wildman–Crippen MR) is 121 cm³/mol. The van der Waals surface area contributed by atoms with Crippen LogP contribution in [0.5, 0.6) is 0 Å². The van der Waals surface area contributed by atoms with E-state index in [1.165, 1.54) is 12.1 Å². The van der Waals surface area contributed by atoms with E-state index >= 15 is 0 Å². The Labute approximate surface area is 182 Å².